The number of piperidine rings is 1. The Bertz CT molecular complexity index is 736. The fourth-order valence-electron chi connectivity index (χ4n) is 3.61. The highest BCUT2D eigenvalue weighted by atomic mass is 16.3. The van der Waals surface area contributed by atoms with Crippen LogP contribution in [0.1, 0.15) is 59.2 Å². The fraction of sp³-hybridized carbons (Fsp3) is 0.526. The summed E-state index contributed by atoms with van der Waals surface area (Å²) in [7, 11) is 0. The summed E-state index contributed by atoms with van der Waals surface area (Å²) in [6, 6.07) is 4.23. The Labute approximate surface area is 158 Å². The predicted octanol–water partition coefficient (Wildman–Crippen LogP) is 0.811. The molecule has 0 aromatic heterocycles. The standard InChI is InChI=1S/C19H26N4O4/c20-10-3-1-2-4-11-21-13-7-5-6-12-16(13)19(27)23(18(12)26)14-8-9-15(24)22-17(14)25/h5-7,14-15,21,24H,1-4,8-11,20H2,(H,22,25). The number of nitrogens with one attached hydrogen (secondary N) is 2. The van der Waals surface area contributed by atoms with E-state index in [0.29, 0.717) is 36.3 Å². The molecule has 2 aliphatic heterocycles. The predicted molar refractivity (Wildman–Crippen MR) is 100 cm³/mol. The molecule has 1 aromatic rings. The van der Waals surface area contributed by atoms with Crippen molar-refractivity contribution in [3.8, 4) is 0 Å². The molecular weight excluding hydrogens is 348 g/mol. The first-order chi connectivity index (χ1) is 13.0. The number of hydrogen-bond acceptors (Lipinski definition) is 6. The summed E-state index contributed by atoms with van der Waals surface area (Å²) in [5.74, 6) is -1.42. The summed E-state index contributed by atoms with van der Waals surface area (Å²) < 4.78 is 0. The number of fused-ring (bicyclic) bond motifs is 1. The largest absolute Gasteiger partial charge is 0.384 e. The van der Waals surface area contributed by atoms with E-state index in [2.05, 4.69) is 10.6 Å². The third-order valence-electron chi connectivity index (χ3n) is 5.03. The topological polar surface area (TPSA) is 125 Å². The van der Waals surface area contributed by atoms with Crippen LogP contribution in [0, 0.1) is 0 Å². The number of aliphatic hydroxyl groups is 1. The Morgan fingerprint density at radius 3 is 2.63 bits per heavy atom. The fourth-order valence-corrected chi connectivity index (χ4v) is 3.61. The van der Waals surface area contributed by atoms with Crippen molar-refractivity contribution in [3.63, 3.8) is 0 Å². The molecule has 27 heavy (non-hydrogen) atoms. The Hall–Kier alpha value is -2.45. The molecule has 0 saturated carbocycles. The van der Waals surface area contributed by atoms with Crippen LogP contribution in [0.4, 0.5) is 5.69 Å². The Morgan fingerprint density at radius 2 is 1.89 bits per heavy atom. The van der Waals surface area contributed by atoms with Crippen LogP contribution >= 0.6 is 0 Å². The van der Waals surface area contributed by atoms with Crippen LogP contribution < -0.4 is 16.4 Å². The molecule has 3 rings (SSSR count). The molecule has 2 heterocycles. The number of benzene rings is 1. The van der Waals surface area contributed by atoms with E-state index in [1.807, 2.05) is 0 Å². The van der Waals surface area contributed by atoms with Gasteiger partial charge in [-0.2, -0.15) is 0 Å². The minimum absolute atomic E-state index is 0.252. The molecule has 8 heteroatoms. The molecule has 5 N–H and O–H groups in total. The monoisotopic (exact) mass is 374 g/mol. The molecular formula is C19H26N4O4. The molecule has 0 aliphatic carbocycles. The molecule has 2 atom stereocenters. The number of anilines is 1. The summed E-state index contributed by atoms with van der Waals surface area (Å²) in [6.07, 6.45) is 3.68. The van der Waals surface area contributed by atoms with Crippen molar-refractivity contribution in [2.24, 2.45) is 5.73 Å². The third-order valence-corrected chi connectivity index (χ3v) is 5.03. The Morgan fingerprint density at radius 1 is 1.11 bits per heavy atom. The molecule has 0 radical (unpaired) electrons. The van der Waals surface area contributed by atoms with E-state index in [9.17, 15) is 19.5 Å². The van der Waals surface area contributed by atoms with Crippen LogP contribution in [0.5, 0.6) is 0 Å². The molecule has 0 spiro atoms. The number of rotatable bonds is 8. The first kappa shape index (κ1) is 19.3. The maximum absolute atomic E-state index is 12.9. The molecule has 1 aromatic carbocycles. The highest BCUT2D eigenvalue weighted by Gasteiger charge is 2.45. The molecule has 3 amide bonds. The summed E-state index contributed by atoms with van der Waals surface area (Å²) in [4.78, 5) is 38.9. The zero-order chi connectivity index (χ0) is 19.4. The van der Waals surface area contributed by atoms with Gasteiger partial charge in [0.15, 0.2) is 0 Å². The molecule has 1 fully saturated rings. The molecule has 0 bridgehead atoms. The zero-order valence-corrected chi connectivity index (χ0v) is 15.2. The number of amides is 3. The number of carbonyl (C=O) groups excluding carboxylic acids is 3. The Kier molecular flexibility index (Phi) is 6.08. The Balaban J connectivity index is 1.71. The minimum atomic E-state index is -0.930. The minimum Gasteiger partial charge on any atom is -0.384 e. The third kappa shape index (κ3) is 3.96. The number of unbranched alkanes of at least 4 members (excludes halogenated alkanes) is 3. The normalized spacial score (nSPS) is 22.0. The zero-order valence-electron chi connectivity index (χ0n) is 15.2. The van der Waals surface area contributed by atoms with E-state index in [0.717, 1.165) is 30.6 Å². The van der Waals surface area contributed by atoms with Gasteiger partial charge in [0.1, 0.15) is 12.3 Å². The summed E-state index contributed by atoms with van der Waals surface area (Å²) in [5, 5.41) is 15.2. The molecule has 8 nitrogen and oxygen atoms in total. The first-order valence-electron chi connectivity index (χ1n) is 9.48. The molecule has 1 saturated heterocycles. The van der Waals surface area contributed by atoms with E-state index >= 15 is 0 Å². The van der Waals surface area contributed by atoms with Crippen molar-refractivity contribution >= 4 is 23.4 Å². The van der Waals surface area contributed by atoms with Crippen molar-refractivity contribution in [1.29, 1.82) is 0 Å². The van der Waals surface area contributed by atoms with Crippen LogP contribution in [0.15, 0.2) is 18.2 Å². The van der Waals surface area contributed by atoms with Gasteiger partial charge in [-0.15, -0.1) is 0 Å². The first-order valence-corrected chi connectivity index (χ1v) is 9.48. The van der Waals surface area contributed by atoms with Crippen LogP contribution in [0.3, 0.4) is 0 Å². The van der Waals surface area contributed by atoms with Crippen LogP contribution in [0.25, 0.3) is 0 Å². The van der Waals surface area contributed by atoms with Gasteiger partial charge in [-0.3, -0.25) is 19.3 Å². The van der Waals surface area contributed by atoms with Gasteiger partial charge in [-0.25, -0.2) is 0 Å². The van der Waals surface area contributed by atoms with Gasteiger partial charge in [0, 0.05) is 12.2 Å². The van der Waals surface area contributed by atoms with Crippen LogP contribution in [0.2, 0.25) is 0 Å². The van der Waals surface area contributed by atoms with Crippen LogP contribution in [-0.4, -0.2) is 53.1 Å². The number of aliphatic hydroxyl groups excluding tert-OH is 1. The lowest BCUT2D eigenvalue weighted by Gasteiger charge is -2.31. The van der Waals surface area contributed by atoms with Crippen molar-refractivity contribution in [2.45, 2.75) is 50.8 Å². The van der Waals surface area contributed by atoms with Crippen LogP contribution in [-0.2, 0) is 4.79 Å². The number of carbonyl (C=O) groups is 3. The lowest BCUT2D eigenvalue weighted by molar-refractivity contribution is -0.131. The molecule has 2 aliphatic rings. The van der Waals surface area contributed by atoms with Gasteiger partial charge in [0.05, 0.1) is 11.1 Å². The number of imide groups is 1. The summed E-state index contributed by atoms with van der Waals surface area (Å²) in [6.45, 7) is 1.39. The summed E-state index contributed by atoms with van der Waals surface area (Å²) >= 11 is 0. The van der Waals surface area contributed by atoms with Gasteiger partial charge in [0.2, 0.25) is 5.91 Å². The average molecular weight is 374 g/mol. The van der Waals surface area contributed by atoms with Gasteiger partial charge in [-0.05, 0) is 44.4 Å². The maximum atomic E-state index is 12.9. The number of hydrogen-bond donors (Lipinski definition) is 4. The van der Waals surface area contributed by atoms with E-state index in [4.69, 9.17) is 5.73 Å². The van der Waals surface area contributed by atoms with Gasteiger partial charge in [-0.1, -0.05) is 18.9 Å². The SMILES string of the molecule is NCCCCCCNc1cccc2c1C(=O)N(C1CCC(O)NC1=O)C2=O. The summed E-state index contributed by atoms with van der Waals surface area (Å²) in [5.41, 5.74) is 6.73. The van der Waals surface area contributed by atoms with Crippen molar-refractivity contribution in [2.75, 3.05) is 18.4 Å². The molecule has 2 unspecified atom stereocenters. The smallest absolute Gasteiger partial charge is 0.264 e. The highest BCUT2D eigenvalue weighted by Crippen LogP contribution is 2.32. The lowest BCUT2D eigenvalue weighted by Crippen LogP contribution is -2.55. The number of nitrogens with zero attached hydrogens (tertiary/aromatic N) is 1. The van der Waals surface area contributed by atoms with Crippen molar-refractivity contribution in [1.82, 2.24) is 10.2 Å². The second kappa shape index (κ2) is 8.49. The molecule has 146 valence electrons. The van der Waals surface area contributed by atoms with Gasteiger partial charge in [0.25, 0.3) is 11.8 Å². The second-order valence-corrected chi connectivity index (χ2v) is 6.96. The average Bonchev–Trinajstić information content (AvgIpc) is 2.90. The number of nitrogens with two attached hydrogens (primary N) is 1. The van der Waals surface area contributed by atoms with Gasteiger partial charge >= 0.3 is 0 Å². The van der Waals surface area contributed by atoms with Gasteiger partial charge < -0.3 is 21.5 Å². The van der Waals surface area contributed by atoms with E-state index in [-0.39, 0.29) is 6.42 Å². The van der Waals surface area contributed by atoms with Crippen molar-refractivity contribution in [3.05, 3.63) is 29.3 Å². The van der Waals surface area contributed by atoms with E-state index < -0.39 is 30.0 Å². The highest BCUT2D eigenvalue weighted by molar-refractivity contribution is 6.25. The van der Waals surface area contributed by atoms with E-state index in [1.165, 1.54) is 0 Å². The van der Waals surface area contributed by atoms with Crippen molar-refractivity contribution < 1.29 is 19.5 Å². The lowest BCUT2D eigenvalue weighted by atomic mass is 10.0. The quantitative estimate of drug-likeness (QED) is 0.394. The second-order valence-electron chi connectivity index (χ2n) is 6.96. The van der Waals surface area contributed by atoms with E-state index in [1.54, 1.807) is 18.2 Å². The maximum Gasteiger partial charge on any atom is 0.264 e.